The Morgan fingerprint density at radius 3 is 1.52 bits per heavy atom. The largest absolute Gasteiger partial charge is 0.481 e. The van der Waals surface area contributed by atoms with Gasteiger partial charge in [0.2, 0.25) is 0 Å². The third-order valence-corrected chi connectivity index (χ3v) is 5.47. The van der Waals surface area contributed by atoms with Gasteiger partial charge in [0, 0.05) is 13.3 Å². The van der Waals surface area contributed by atoms with Crippen LogP contribution >= 0.6 is 0 Å². The highest BCUT2D eigenvalue weighted by molar-refractivity contribution is 5.80. The fourth-order valence-electron chi connectivity index (χ4n) is 2.46. The Labute approximate surface area is 286 Å². The van der Waals surface area contributed by atoms with Gasteiger partial charge in [0.25, 0.3) is 6.04 Å². The van der Waals surface area contributed by atoms with Crippen molar-refractivity contribution in [2.24, 2.45) is 23.1 Å². The first-order valence-electron chi connectivity index (χ1n) is 14.3. The molecule has 0 saturated heterocycles. The number of benzene rings is 1. The van der Waals surface area contributed by atoms with E-state index in [1.165, 1.54) is 6.92 Å². The van der Waals surface area contributed by atoms with Crippen LogP contribution in [0.5, 0.6) is 0 Å². The van der Waals surface area contributed by atoms with Crippen LogP contribution in [0, 0.1) is 5.92 Å². The average Bonchev–Trinajstić information content (AvgIpc) is 3.01. The van der Waals surface area contributed by atoms with Crippen LogP contribution in [-0.4, -0.2) is 114 Å². The van der Waals surface area contributed by atoms with Crippen molar-refractivity contribution in [1.82, 2.24) is 5.32 Å². The number of rotatable bonds is 15. The molecule has 0 spiro atoms. The van der Waals surface area contributed by atoms with Crippen LogP contribution in [0.3, 0.4) is 0 Å². The third-order valence-electron chi connectivity index (χ3n) is 5.47. The van der Waals surface area contributed by atoms with E-state index >= 15 is 0 Å². The average molecular weight is 727 g/mol. The molecular formula is C29H47FN4O16. The monoisotopic (exact) mass is 726 g/mol. The minimum absolute atomic E-state index is 0.0231. The van der Waals surface area contributed by atoms with Crippen LogP contribution < -0.4 is 22.5 Å². The van der Waals surface area contributed by atoms with Gasteiger partial charge in [-0.05, 0) is 24.8 Å². The Kier molecular flexibility index (Phi) is 30.8. The van der Waals surface area contributed by atoms with E-state index in [2.05, 4.69) is 5.32 Å². The zero-order valence-corrected chi connectivity index (χ0v) is 27.8. The fourth-order valence-corrected chi connectivity index (χ4v) is 2.46. The first-order chi connectivity index (χ1) is 22.9. The summed E-state index contributed by atoms with van der Waals surface area (Å²) < 4.78 is 15.4. The molecule has 0 aromatic heterocycles. The molecule has 14 N–H and O–H groups in total. The number of hydrogen-bond donors (Lipinski definition) is 11. The minimum atomic E-state index is -1.33. The maximum Gasteiger partial charge on any atom is 0.408 e. The Bertz CT molecular complexity index is 1200. The van der Waals surface area contributed by atoms with Gasteiger partial charge >= 0.3 is 41.9 Å². The van der Waals surface area contributed by atoms with Gasteiger partial charge in [-0.25, -0.2) is 9.59 Å². The Morgan fingerprint density at radius 1 is 0.780 bits per heavy atom. The molecule has 0 aliphatic rings. The molecule has 0 aliphatic carbocycles. The van der Waals surface area contributed by atoms with Gasteiger partial charge in [-0.3, -0.25) is 28.8 Å². The molecule has 1 aromatic carbocycles. The number of nitrogens with two attached hydrogens (primary N) is 3. The molecule has 50 heavy (non-hydrogen) atoms. The van der Waals surface area contributed by atoms with Gasteiger partial charge < -0.3 is 63.0 Å². The number of aliphatic hydroxyl groups is 1. The van der Waals surface area contributed by atoms with Crippen LogP contribution in [-0.2, 0) is 44.9 Å². The normalized spacial score (nSPS) is 13.1. The number of nitrogens with one attached hydrogen (secondary N) is 1. The lowest BCUT2D eigenvalue weighted by molar-refractivity contribution is -0.144. The summed E-state index contributed by atoms with van der Waals surface area (Å²) in [4.78, 5) is 80.7. The van der Waals surface area contributed by atoms with Crippen molar-refractivity contribution in [3.05, 3.63) is 35.9 Å². The molecule has 21 heteroatoms. The van der Waals surface area contributed by atoms with E-state index in [0.717, 1.165) is 12.5 Å². The second-order valence-corrected chi connectivity index (χ2v) is 9.90. The highest BCUT2D eigenvalue weighted by atomic mass is 19.1. The topological polar surface area (TPSA) is 377 Å². The van der Waals surface area contributed by atoms with Gasteiger partial charge in [-0.15, -0.1) is 0 Å². The summed E-state index contributed by atoms with van der Waals surface area (Å²) in [7, 11) is 0. The van der Waals surface area contributed by atoms with Gasteiger partial charge in [0.05, 0.1) is 12.5 Å². The van der Waals surface area contributed by atoms with Crippen molar-refractivity contribution in [3.63, 3.8) is 0 Å². The van der Waals surface area contributed by atoms with Crippen molar-refractivity contribution >= 4 is 47.9 Å². The molecule has 20 nitrogen and oxygen atoms in total. The van der Waals surface area contributed by atoms with Crippen LogP contribution in [0.2, 0.25) is 0 Å². The number of carbonyl (C=O) groups is 8. The van der Waals surface area contributed by atoms with E-state index in [-0.39, 0.29) is 25.4 Å². The molecule has 6 unspecified atom stereocenters. The summed E-state index contributed by atoms with van der Waals surface area (Å²) in [6, 6.07) is 3.45. The molecule has 0 bridgehead atoms. The Hall–Kier alpha value is -5.25. The molecule has 1 rings (SSSR count). The maximum absolute atomic E-state index is 11.6. The molecule has 0 radical (unpaired) electrons. The van der Waals surface area contributed by atoms with E-state index in [0.29, 0.717) is 6.42 Å². The Balaban J connectivity index is -0.000000291. The number of alkyl carbamates (subject to hydrolysis) is 1. The van der Waals surface area contributed by atoms with Crippen molar-refractivity contribution in [1.29, 1.82) is 0 Å². The van der Waals surface area contributed by atoms with Crippen molar-refractivity contribution in [2.75, 3.05) is 0 Å². The number of amides is 1. The third kappa shape index (κ3) is 34.1. The summed E-state index contributed by atoms with van der Waals surface area (Å²) in [6.45, 7) is 5.96. The van der Waals surface area contributed by atoms with Gasteiger partial charge in [-0.1, -0.05) is 50.6 Å². The number of hydrogen-bond acceptors (Lipinski definition) is 13. The number of carboxylic acid groups (broad SMARTS) is 6. The number of aliphatic carboxylic acids is 6. The molecular weight excluding hydrogens is 679 g/mol. The zero-order valence-electron chi connectivity index (χ0n) is 27.8. The summed E-state index contributed by atoms with van der Waals surface area (Å²) in [6.07, 6.45) is -1.78. The van der Waals surface area contributed by atoms with Crippen LogP contribution in [0.1, 0.15) is 58.9 Å². The number of carbonyl (C=O) groups excluding carboxylic acids is 2. The summed E-state index contributed by atoms with van der Waals surface area (Å²) in [5, 5.41) is 60.3. The summed E-state index contributed by atoms with van der Waals surface area (Å²) in [5.41, 5.74) is 15.6. The highest BCUT2D eigenvalue weighted by Crippen LogP contribution is 2.08. The molecule has 0 heterocycles. The minimum Gasteiger partial charge on any atom is -0.481 e. The van der Waals surface area contributed by atoms with Crippen LogP contribution in [0.15, 0.2) is 30.3 Å². The number of carboxylic acids is 6. The lowest BCUT2D eigenvalue weighted by atomic mass is 10.00. The van der Waals surface area contributed by atoms with E-state index in [9.17, 15) is 38.0 Å². The van der Waals surface area contributed by atoms with Crippen LogP contribution in [0.4, 0.5) is 9.18 Å². The standard InChI is InChI=1S/C14H19NO4.C5H9NO4.C4H7NO4.C4H9NO3.C2H3FO/c1-3-10(2)12(13(16)17)15-14(18)19-9-11-7-5-4-6-8-11;6-3(5(9)10)1-2-4(7)8;5-2(4(8)9)1-3(6)7;1-2(6)3(5)4(7)8;1-2(3)4/h4-8,10,12H,3,9H2,1-2H3,(H,15,18)(H,16,17);3H,1-2,6H2,(H,7,8)(H,9,10);2H,1,5H2,(H,6,7)(H,8,9);2-3,6H,5H2,1H3,(H,7,8);1H3. The number of halogens is 1. The molecule has 1 amide bonds. The molecule has 286 valence electrons. The van der Waals surface area contributed by atoms with E-state index in [4.69, 9.17) is 62.5 Å². The van der Waals surface area contributed by atoms with E-state index in [1.807, 2.05) is 37.3 Å². The predicted octanol–water partition coefficient (Wildman–Crippen LogP) is -0.170. The smallest absolute Gasteiger partial charge is 0.408 e. The highest BCUT2D eigenvalue weighted by Gasteiger charge is 2.25. The molecule has 0 saturated carbocycles. The first-order valence-corrected chi connectivity index (χ1v) is 14.3. The second kappa shape index (κ2) is 29.9. The van der Waals surface area contributed by atoms with Crippen LogP contribution in [0.25, 0.3) is 0 Å². The predicted molar refractivity (Wildman–Crippen MR) is 170 cm³/mol. The van der Waals surface area contributed by atoms with Crippen molar-refractivity contribution < 1.29 is 83.2 Å². The van der Waals surface area contributed by atoms with Gasteiger partial charge in [0.15, 0.2) is 0 Å². The first kappa shape index (κ1) is 51.6. The summed E-state index contributed by atoms with van der Waals surface area (Å²) in [5.74, 6) is -7.08. The molecule has 0 fully saturated rings. The quantitative estimate of drug-likeness (QED) is 0.104. The number of ether oxygens (including phenoxy) is 1. The SMILES string of the molecule is CC(=O)F.CC(O)C(N)C(=O)O.CCC(C)C(NC(=O)OCc1ccccc1)C(=O)O.NC(CC(=O)O)C(=O)O.NC(CCC(=O)O)C(=O)O. The fraction of sp³-hybridized carbons (Fsp3) is 0.517. The van der Waals surface area contributed by atoms with E-state index in [1.54, 1.807) is 6.92 Å². The number of aliphatic hydroxyl groups excluding tert-OH is 1. The Morgan fingerprint density at radius 2 is 1.24 bits per heavy atom. The zero-order chi connectivity index (χ0) is 40.1. The lowest BCUT2D eigenvalue weighted by Crippen LogP contribution is -2.45. The summed E-state index contributed by atoms with van der Waals surface area (Å²) >= 11 is 0. The molecule has 0 aliphatic heterocycles. The maximum atomic E-state index is 11.6. The van der Waals surface area contributed by atoms with E-state index < -0.39 is 84.6 Å². The van der Waals surface area contributed by atoms with Gasteiger partial charge in [0.1, 0.15) is 30.8 Å². The molecule has 1 aromatic rings. The lowest BCUT2D eigenvalue weighted by Gasteiger charge is -2.19. The second-order valence-electron chi connectivity index (χ2n) is 9.90. The van der Waals surface area contributed by atoms with Gasteiger partial charge in [-0.2, -0.15) is 4.39 Å². The molecule has 6 atom stereocenters. The van der Waals surface area contributed by atoms with Crippen molar-refractivity contribution in [2.45, 2.75) is 90.3 Å². The van der Waals surface area contributed by atoms with Crippen molar-refractivity contribution in [3.8, 4) is 0 Å².